The number of hydrogen-bond acceptors (Lipinski definition) is 10. The topological polar surface area (TPSA) is 167 Å². The first kappa shape index (κ1) is 21.8. The molecule has 1 fully saturated rings. The third-order valence-electron chi connectivity index (χ3n) is 3.28. The number of hydrogen-bond donors (Lipinski definition) is 2. The van der Waals surface area contributed by atoms with E-state index in [1.807, 2.05) is 0 Å². The average molecular weight is 399 g/mol. The van der Waals surface area contributed by atoms with Gasteiger partial charge in [-0.05, 0) is 6.42 Å². The van der Waals surface area contributed by atoms with Crippen molar-refractivity contribution in [1.82, 2.24) is 14.6 Å². The molecule has 0 aliphatic carbocycles. The van der Waals surface area contributed by atoms with Gasteiger partial charge in [0.05, 0.1) is 6.04 Å². The Kier molecular flexibility index (Phi) is 7.34. The molecule has 1 aromatic heterocycles. The molecule has 0 unspecified atom stereocenters. The van der Waals surface area contributed by atoms with E-state index in [4.69, 9.17) is 5.73 Å². The third-order valence-corrected chi connectivity index (χ3v) is 4.88. The monoisotopic (exact) mass is 399 g/mol. The summed E-state index contributed by atoms with van der Waals surface area (Å²) in [6.45, 7) is 1.58. The molecule has 0 aromatic carbocycles. The van der Waals surface area contributed by atoms with Crippen molar-refractivity contribution in [2.45, 2.75) is 25.4 Å². The third kappa shape index (κ3) is 4.48. The van der Waals surface area contributed by atoms with Crippen LogP contribution in [0.15, 0.2) is 10.5 Å². The maximum Gasteiger partial charge on any atom is 1.00 e. The summed E-state index contributed by atoms with van der Waals surface area (Å²) in [4.78, 5) is 32.7. The fourth-order valence-electron chi connectivity index (χ4n) is 2.26. The SMILES string of the molecule is CC[C@@H]1[C@H](NC(=O)/C(=N\OC)c2csc(N)n2)C(=O)N1S(=O)(=O)[O-].[Na+]. The summed E-state index contributed by atoms with van der Waals surface area (Å²) >= 11 is 1.08. The van der Waals surface area contributed by atoms with Crippen LogP contribution in [-0.4, -0.2) is 59.0 Å². The van der Waals surface area contributed by atoms with E-state index in [0.29, 0.717) is 0 Å². The van der Waals surface area contributed by atoms with E-state index in [-0.39, 0.29) is 56.8 Å². The quantitative estimate of drug-likeness (QED) is 0.159. The van der Waals surface area contributed by atoms with Crippen LogP contribution >= 0.6 is 11.3 Å². The molecule has 3 N–H and O–H groups in total. The zero-order valence-corrected chi connectivity index (χ0v) is 17.3. The van der Waals surface area contributed by atoms with Crippen LogP contribution in [0.2, 0.25) is 0 Å². The van der Waals surface area contributed by atoms with Crippen molar-refractivity contribution in [1.29, 1.82) is 0 Å². The van der Waals surface area contributed by atoms with Crippen molar-refractivity contribution >= 4 is 44.3 Å². The van der Waals surface area contributed by atoms with Crippen molar-refractivity contribution in [2.75, 3.05) is 12.8 Å². The number of nitrogens with one attached hydrogen (secondary N) is 1. The number of amides is 2. The molecule has 11 nitrogen and oxygen atoms in total. The Morgan fingerprint density at radius 1 is 1.60 bits per heavy atom. The first-order valence-corrected chi connectivity index (χ1v) is 8.87. The van der Waals surface area contributed by atoms with Crippen molar-refractivity contribution in [3.05, 3.63) is 11.1 Å². The van der Waals surface area contributed by atoms with Crippen LogP contribution in [0.3, 0.4) is 0 Å². The molecule has 132 valence electrons. The summed E-state index contributed by atoms with van der Waals surface area (Å²) in [6.07, 6.45) is 0.165. The van der Waals surface area contributed by atoms with E-state index >= 15 is 0 Å². The molecule has 0 radical (unpaired) electrons. The van der Waals surface area contributed by atoms with Gasteiger partial charge in [-0.2, -0.15) is 0 Å². The van der Waals surface area contributed by atoms with E-state index in [1.54, 1.807) is 6.92 Å². The molecular weight excluding hydrogens is 385 g/mol. The second kappa shape index (κ2) is 8.42. The molecular formula is C11H14N5NaO6S2. The number of carbonyl (C=O) groups excluding carboxylic acids is 2. The second-order valence-electron chi connectivity index (χ2n) is 4.71. The summed E-state index contributed by atoms with van der Waals surface area (Å²) < 4.78 is 33.4. The Hall–Kier alpha value is -1.25. The number of β-lactam (4-membered cyclic amide) rings is 1. The number of nitrogens with two attached hydrogens (primary N) is 1. The van der Waals surface area contributed by atoms with Crippen LogP contribution in [0.25, 0.3) is 0 Å². The molecule has 2 heterocycles. The van der Waals surface area contributed by atoms with Crippen molar-refractivity contribution in [3.8, 4) is 0 Å². The molecule has 0 spiro atoms. The van der Waals surface area contributed by atoms with E-state index in [9.17, 15) is 22.6 Å². The number of nitrogens with zero attached hydrogens (tertiary/aromatic N) is 3. The molecule has 2 rings (SSSR count). The predicted octanol–water partition coefficient (Wildman–Crippen LogP) is -4.35. The maximum atomic E-state index is 12.3. The van der Waals surface area contributed by atoms with E-state index in [1.165, 1.54) is 12.5 Å². The van der Waals surface area contributed by atoms with E-state index in [2.05, 4.69) is 20.3 Å². The van der Waals surface area contributed by atoms with Gasteiger partial charge in [0.15, 0.2) is 21.1 Å². The van der Waals surface area contributed by atoms with Gasteiger partial charge in [-0.1, -0.05) is 12.1 Å². The first-order chi connectivity index (χ1) is 11.2. The van der Waals surface area contributed by atoms with Crippen LogP contribution in [0, 0.1) is 0 Å². The average Bonchev–Trinajstić information content (AvgIpc) is 2.91. The number of rotatable bonds is 6. The van der Waals surface area contributed by atoms with Gasteiger partial charge >= 0.3 is 29.6 Å². The standard InChI is InChI=1S/C11H15N5O6S2.Na/c1-3-6-8(10(18)16(6)24(19,20)21)14-9(17)7(15-22-2)5-4-23-11(12)13-5;/h4,6,8H,3H2,1-2H3,(H2,12,13)(H,14,17)(H,19,20,21);/q;+1/p-1/b15-7-;/t6-,8+;/m1./s1. The Bertz CT molecular complexity index is 795. The van der Waals surface area contributed by atoms with Crippen LogP contribution in [0.4, 0.5) is 5.13 Å². The molecule has 0 bridgehead atoms. The number of aromatic nitrogens is 1. The van der Waals surface area contributed by atoms with Gasteiger partial charge in [-0.25, -0.2) is 17.7 Å². The minimum Gasteiger partial charge on any atom is -0.731 e. The van der Waals surface area contributed by atoms with Gasteiger partial charge < -0.3 is 20.4 Å². The molecule has 1 saturated heterocycles. The molecule has 2 amide bonds. The maximum absolute atomic E-state index is 12.3. The summed E-state index contributed by atoms with van der Waals surface area (Å²) in [6, 6.07) is -2.10. The number of nitrogen functional groups attached to an aromatic ring is 1. The Labute approximate surface area is 169 Å². The molecule has 1 aliphatic rings. The largest absolute Gasteiger partial charge is 1.00 e. The Morgan fingerprint density at radius 3 is 2.68 bits per heavy atom. The molecule has 1 aliphatic heterocycles. The second-order valence-corrected chi connectivity index (χ2v) is 6.85. The smallest absolute Gasteiger partial charge is 0.731 e. The molecule has 1 aromatic rings. The minimum atomic E-state index is -4.92. The van der Waals surface area contributed by atoms with Gasteiger partial charge in [0.1, 0.15) is 18.8 Å². The van der Waals surface area contributed by atoms with Crippen LogP contribution < -0.4 is 40.6 Å². The van der Waals surface area contributed by atoms with Gasteiger partial charge in [0.25, 0.3) is 11.8 Å². The number of carbonyl (C=O) groups is 2. The van der Waals surface area contributed by atoms with Crippen molar-refractivity contribution < 1.29 is 57.0 Å². The zero-order valence-electron chi connectivity index (χ0n) is 13.6. The predicted molar refractivity (Wildman–Crippen MR) is 82.6 cm³/mol. The van der Waals surface area contributed by atoms with Gasteiger partial charge in [0.2, 0.25) is 0 Å². The van der Waals surface area contributed by atoms with Gasteiger partial charge in [0, 0.05) is 5.38 Å². The molecule has 25 heavy (non-hydrogen) atoms. The normalized spacial score (nSPS) is 20.5. The molecule has 14 heteroatoms. The van der Waals surface area contributed by atoms with Gasteiger partial charge in [-0.15, -0.1) is 11.3 Å². The van der Waals surface area contributed by atoms with Crippen LogP contribution in [-0.2, 0) is 24.7 Å². The zero-order chi connectivity index (χ0) is 18.1. The summed E-state index contributed by atoms with van der Waals surface area (Å²) in [5, 5.41) is 7.57. The first-order valence-electron chi connectivity index (χ1n) is 6.63. The fraction of sp³-hybridized carbons (Fsp3) is 0.455. The fourth-order valence-corrected chi connectivity index (χ4v) is 3.74. The van der Waals surface area contributed by atoms with Crippen LogP contribution in [0.5, 0.6) is 0 Å². The van der Waals surface area contributed by atoms with E-state index in [0.717, 1.165) is 11.3 Å². The van der Waals surface area contributed by atoms with Crippen molar-refractivity contribution in [2.24, 2.45) is 5.16 Å². The number of anilines is 1. The minimum absolute atomic E-state index is 0. The summed E-state index contributed by atoms with van der Waals surface area (Å²) in [5.74, 6) is -1.80. The van der Waals surface area contributed by atoms with Crippen LogP contribution in [0.1, 0.15) is 19.0 Å². The summed E-state index contributed by atoms with van der Waals surface area (Å²) in [7, 11) is -3.70. The molecule has 2 atom stereocenters. The summed E-state index contributed by atoms with van der Waals surface area (Å²) in [5.41, 5.74) is 5.42. The van der Waals surface area contributed by atoms with E-state index < -0.39 is 34.2 Å². The number of thiazole rings is 1. The Morgan fingerprint density at radius 2 is 2.24 bits per heavy atom. The Balaban J connectivity index is 0.00000312. The van der Waals surface area contributed by atoms with Crippen molar-refractivity contribution in [3.63, 3.8) is 0 Å². The molecule has 0 saturated carbocycles. The van der Waals surface area contributed by atoms with Gasteiger partial charge in [-0.3, -0.25) is 9.59 Å². The number of oxime groups is 1.